The number of carbonyl (C=O) groups is 10. The normalized spacial score (nSPS) is 15.1. The molecule has 0 aliphatic carbocycles. The van der Waals surface area contributed by atoms with Crippen LogP contribution in [0, 0.1) is 18.3 Å². The standard InChI is InChI=1S/C73H88ClN13O13S/c1-43(2)64(82-59(88)15-9-8-10-29-86-60(89)24-25-61(86)90)68(93)81-54(14-13-26-76-70(75)95)66(91)77-49-18-16-45(17-19-49)39-99-71(96)83(6)41-73(4,5)42-84(7)72(97)100-58-36-57-63(62-44(3)40-101-65(58)62)48(37-74)38-87(57)69(94)56-35-46-32-50(20-22-52(46)80-56)78-67(92)55-34-47-33-51(21-23-53(47)79-55)98-31-30-85-27-11-12-28-85/h16-25,32-36,40,43,48,54,64,79-80H,8-15,26-31,37-39,41-42H2,1-7H3,(H,77,91)(H,78,92)(H,81,93)(H,82,88)(H3,75,76,95)/t48-,54+,64?/m1/s1. The minimum Gasteiger partial charge on any atom is -0.492 e. The maximum absolute atomic E-state index is 14.7. The number of amides is 11. The molecule has 1 fully saturated rings. The van der Waals surface area contributed by atoms with Crippen molar-refractivity contribution in [3.05, 3.63) is 124 Å². The van der Waals surface area contributed by atoms with Crippen LogP contribution < -0.4 is 46.7 Å². The molecular weight excluding hydrogens is 1330 g/mol. The van der Waals surface area contributed by atoms with Gasteiger partial charge in [-0.2, -0.15) is 0 Å². The Kier molecular flexibility index (Phi) is 24.1. The third kappa shape index (κ3) is 18.7. The number of hydrogen-bond donors (Lipinski definition) is 8. The van der Waals surface area contributed by atoms with E-state index in [0.717, 1.165) is 62.4 Å². The van der Waals surface area contributed by atoms with E-state index in [1.807, 2.05) is 50.4 Å². The number of benzene rings is 4. The summed E-state index contributed by atoms with van der Waals surface area (Å²) in [5, 5.41) is 18.2. The number of imide groups is 1. The highest BCUT2D eigenvalue weighted by molar-refractivity contribution is 7.17. The van der Waals surface area contributed by atoms with Gasteiger partial charge in [0.05, 0.1) is 10.4 Å². The average Bonchev–Trinajstić information content (AvgIpc) is 1.58. The predicted octanol–water partition coefficient (Wildman–Crippen LogP) is 10.1. The van der Waals surface area contributed by atoms with Gasteiger partial charge in [-0.3, -0.25) is 43.4 Å². The van der Waals surface area contributed by atoms with E-state index in [1.54, 1.807) is 87.4 Å². The highest BCUT2D eigenvalue weighted by Gasteiger charge is 2.38. The lowest BCUT2D eigenvalue weighted by Gasteiger charge is -2.33. The molecule has 6 heterocycles. The van der Waals surface area contributed by atoms with Crippen molar-refractivity contribution in [1.29, 1.82) is 0 Å². The van der Waals surface area contributed by atoms with Gasteiger partial charge in [-0.15, -0.1) is 22.9 Å². The fraction of sp³-hybridized carbons (Fsp3) is 0.425. The number of nitrogens with zero attached hydrogens (tertiary/aromatic N) is 5. The number of fused-ring (bicyclic) bond motifs is 5. The third-order valence-electron chi connectivity index (χ3n) is 18.2. The van der Waals surface area contributed by atoms with Crippen LogP contribution in [-0.2, 0) is 35.3 Å². The molecule has 0 spiro atoms. The Hall–Kier alpha value is -9.99. The summed E-state index contributed by atoms with van der Waals surface area (Å²) in [5.74, 6) is -2.24. The number of aryl methyl sites for hydroxylation is 1. The molecule has 4 aromatic carbocycles. The van der Waals surface area contributed by atoms with Gasteiger partial charge in [0.25, 0.3) is 23.6 Å². The van der Waals surface area contributed by atoms with Crippen LogP contribution in [0.3, 0.4) is 0 Å². The molecule has 3 aliphatic heterocycles. The molecule has 536 valence electrons. The molecule has 10 rings (SSSR count). The van der Waals surface area contributed by atoms with Crippen LogP contribution in [0.2, 0.25) is 0 Å². The number of H-pyrrole nitrogens is 2. The second-order valence-electron chi connectivity index (χ2n) is 27.2. The molecule has 7 aromatic rings. The molecule has 0 bridgehead atoms. The Morgan fingerprint density at radius 2 is 1.45 bits per heavy atom. The lowest BCUT2D eigenvalue weighted by molar-refractivity contribution is -0.137. The van der Waals surface area contributed by atoms with Gasteiger partial charge < -0.3 is 71.2 Å². The Labute approximate surface area is 594 Å². The molecule has 26 nitrogen and oxygen atoms in total. The average molecular weight is 1420 g/mol. The topological polar surface area (TPSA) is 332 Å². The van der Waals surface area contributed by atoms with E-state index < -0.39 is 47.5 Å². The highest BCUT2D eigenvalue weighted by Crippen LogP contribution is 2.49. The number of urea groups is 1. The van der Waals surface area contributed by atoms with Crippen LogP contribution in [-0.4, -0.2) is 180 Å². The quantitative estimate of drug-likeness (QED) is 0.0114. The first-order chi connectivity index (χ1) is 48.3. The van der Waals surface area contributed by atoms with E-state index in [4.69, 9.17) is 31.5 Å². The molecule has 1 saturated heterocycles. The molecule has 9 N–H and O–H groups in total. The molecule has 101 heavy (non-hydrogen) atoms. The van der Waals surface area contributed by atoms with Crippen molar-refractivity contribution < 1.29 is 62.2 Å². The fourth-order valence-corrected chi connectivity index (χ4v) is 14.4. The van der Waals surface area contributed by atoms with E-state index >= 15 is 0 Å². The van der Waals surface area contributed by atoms with Gasteiger partial charge in [0.2, 0.25) is 17.7 Å². The Balaban J connectivity index is 0.705. The summed E-state index contributed by atoms with van der Waals surface area (Å²) in [7, 11) is 3.20. The lowest BCUT2D eigenvalue weighted by atomic mass is 9.92. The smallest absolute Gasteiger partial charge is 0.415 e. The molecule has 11 amide bonds. The summed E-state index contributed by atoms with van der Waals surface area (Å²) in [6.45, 7) is 13.9. The molecule has 0 radical (unpaired) electrons. The zero-order valence-corrected chi connectivity index (χ0v) is 59.5. The molecular formula is C73H88ClN13O13S. The van der Waals surface area contributed by atoms with Crippen LogP contribution in [0.5, 0.6) is 11.5 Å². The first-order valence-electron chi connectivity index (χ1n) is 34.0. The van der Waals surface area contributed by atoms with Crippen molar-refractivity contribution in [3.8, 4) is 11.5 Å². The first kappa shape index (κ1) is 73.7. The number of aromatic amines is 2. The van der Waals surface area contributed by atoms with Gasteiger partial charge in [0.1, 0.15) is 42.4 Å². The van der Waals surface area contributed by atoms with Gasteiger partial charge >= 0.3 is 18.2 Å². The van der Waals surface area contributed by atoms with Crippen LogP contribution in [0.4, 0.5) is 31.4 Å². The number of ether oxygens (including phenoxy) is 3. The summed E-state index contributed by atoms with van der Waals surface area (Å²) in [6.07, 6.45) is 5.62. The van der Waals surface area contributed by atoms with Crippen molar-refractivity contribution in [3.63, 3.8) is 0 Å². The maximum Gasteiger partial charge on any atom is 0.415 e. The van der Waals surface area contributed by atoms with E-state index in [-0.39, 0.29) is 112 Å². The summed E-state index contributed by atoms with van der Waals surface area (Å²) < 4.78 is 18.7. The number of aromatic nitrogens is 2. The third-order valence-corrected chi connectivity index (χ3v) is 19.6. The maximum atomic E-state index is 14.7. The number of anilines is 3. The number of primary amides is 1. The minimum absolute atomic E-state index is 0.0983. The number of nitrogens with two attached hydrogens (primary N) is 1. The van der Waals surface area contributed by atoms with Gasteiger partial charge in [0.15, 0.2) is 5.75 Å². The van der Waals surface area contributed by atoms with Crippen LogP contribution in [0.1, 0.15) is 123 Å². The second-order valence-corrected chi connectivity index (χ2v) is 28.4. The van der Waals surface area contributed by atoms with Crippen LogP contribution >= 0.6 is 22.9 Å². The largest absolute Gasteiger partial charge is 0.492 e. The number of nitrogens with one attached hydrogen (secondary N) is 7. The van der Waals surface area contributed by atoms with Crippen molar-refractivity contribution in [2.45, 2.75) is 111 Å². The van der Waals surface area contributed by atoms with Crippen molar-refractivity contribution >= 4 is 131 Å². The van der Waals surface area contributed by atoms with Gasteiger partial charge in [-0.25, -0.2) is 14.4 Å². The number of carbonyl (C=O) groups excluding carboxylic acids is 10. The summed E-state index contributed by atoms with van der Waals surface area (Å²) >= 11 is 8.11. The number of alkyl halides is 1. The number of likely N-dealkylation sites (tertiary alicyclic amines) is 1. The zero-order valence-electron chi connectivity index (χ0n) is 57.9. The molecule has 3 atom stereocenters. The Morgan fingerprint density at radius 1 is 0.772 bits per heavy atom. The summed E-state index contributed by atoms with van der Waals surface area (Å²) in [4.78, 5) is 146. The predicted molar refractivity (Wildman–Crippen MR) is 388 cm³/mol. The van der Waals surface area contributed by atoms with Crippen LogP contribution in [0.15, 0.2) is 96.4 Å². The molecule has 0 saturated carbocycles. The van der Waals surface area contributed by atoms with E-state index in [0.29, 0.717) is 70.8 Å². The summed E-state index contributed by atoms with van der Waals surface area (Å²) in [6, 6.07) is 20.2. The van der Waals surface area contributed by atoms with Crippen molar-refractivity contribution in [2.24, 2.45) is 17.1 Å². The molecule has 1 unspecified atom stereocenters. The van der Waals surface area contributed by atoms with Crippen LogP contribution in [0.25, 0.3) is 31.9 Å². The number of thiophene rings is 1. The number of hydrogen-bond acceptors (Lipinski definition) is 15. The van der Waals surface area contributed by atoms with Gasteiger partial charge in [0, 0.05) is 134 Å². The molecule has 3 aliphatic rings. The number of halogens is 1. The second kappa shape index (κ2) is 33.0. The van der Waals surface area contributed by atoms with E-state index in [9.17, 15) is 47.9 Å². The van der Waals surface area contributed by atoms with E-state index in [2.05, 4.69) is 41.5 Å². The lowest BCUT2D eigenvalue weighted by Crippen LogP contribution is -2.54. The SMILES string of the molecule is Cc1csc2c(OC(=O)N(C)CC(C)(C)CN(C)C(=O)OCc3ccc(NC(=O)[C@H](CCCNC(N)=O)NC(=O)C(NC(=O)CCCCCN4C(=O)C=CC4=O)C(C)C)cc3)cc3c(c12)[C@H](CCl)CN3C(=O)c1cc2cc(NC(=O)c3cc4cc(OCCN5CCCC5)ccc4[nH]3)ccc2[nH]1. The molecule has 3 aromatic heterocycles. The Morgan fingerprint density at radius 3 is 2.15 bits per heavy atom. The van der Waals surface area contributed by atoms with Crippen molar-refractivity contribution in [2.75, 3.05) is 94.5 Å². The summed E-state index contributed by atoms with van der Waals surface area (Å²) in [5.41, 5.74) is 10.7. The number of rotatable bonds is 31. The van der Waals surface area contributed by atoms with Gasteiger partial charge in [-0.05, 0) is 147 Å². The Bertz CT molecular complexity index is 4270. The first-order valence-corrected chi connectivity index (χ1v) is 35.4. The van der Waals surface area contributed by atoms with Crippen molar-refractivity contribution in [1.82, 2.24) is 45.5 Å². The fourth-order valence-electron chi connectivity index (χ4n) is 13.1. The van der Waals surface area contributed by atoms with Gasteiger partial charge in [-0.1, -0.05) is 46.2 Å². The number of unbranched alkanes of at least 4 members (excludes halogenated alkanes) is 2. The molecule has 28 heteroatoms. The monoisotopic (exact) mass is 1420 g/mol. The zero-order chi connectivity index (χ0) is 72.2. The van der Waals surface area contributed by atoms with E-state index in [1.165, 1.54) is 46.1 Å². The minimum atomic E-state index is -1.09. The highest BCUT2D eigenvalue weighted by atomic mass is 35.5.